The van der Waals surface area contributed by atoms with E-state index in [-0.39, 0.29) is 5.75 Å². The summed E-state index contributed by atoms with van der Waals surface area (Å²) in [5, 5.41) is 0. The summed E-state index contributed by atoms with van der Waals surface area (Å²) in [6, 6.07) is 4.47. The maximum absolute atomic E-state index is 12.3. The Morgan fingerprint density at radius 2 is 2.12 bits per heavy atom. The van der Waals surface area contributed by atoms with Crippen molar-refractivity contribution in [3.63, 3.8) is 0 Å². The molecule has 88 valence electrons. The van der Waals surface area contributed by atoms with E-state index in [0.717, 1.165) is 12.1 Å². The molecule has 0 heterocycles. The fourth-order valence-corrected chi connectivity index (χ4v) is 1.13. The maximum atomic E-state index is 12.3. The van der Waals surface area contributed by atoms with Crippen LogP contribution in [0.15, 0.2) is 24.3 Å². The molecule has 0 radical (unpaired) electrons. The van der Waals surface area contributed by atoms with Crippen molar-refractivity contribution in [1.82, 2.24) is 0 Å². The second-order valence-electron chi connectivity index (χ2n) is 3.23. The van der Waals surface area contributed by atoms with Crippen molar-refractivity contribution in [2.24, 2.45) is 0 Å². The smallest absolute Gasteiger partial charge is 0.416 e. The summed E-state index contributed by atoms with van der Waals surface area (Å²) in [4.78, 5) is 10.5. The minimum Gasteiger partial charge on any atom is -0.483 e. The second-order valence-corrected chi connectivity index (χ2v) is 3.23. The molecule has 0 saturated carbocycles. The SMILES string of the molecule is CCC(C=O)Oc1cccc(C(F)(F)F)c1. The normalized spacial score (nSPS) is 13.2. The highest BCUT2D eigenvalue weighted by Gasteiger charge is 2.30. The van der Waals surface area contributed by atoms with Crippen molar-refractivity contribution in [1.29, 1.82) is 0 Å². The molecule has 1 aromatic carbocycles. The summed E-state index contributed by atoms with van der Waals surface area (Å²) < 4.78 is 42.1. The molecule has 2 nitrogen and oxygen atoms in total. The molecule has 0 aromatic heterocycles. The first-order chi connectivity index (χ1) is 7.47. The minimum atomic E-state index is -4.40. The van der Waals surface area contributed by atoms with Crippen LogP contribution in [0.4, 0.5) is 13.2 Å². The van der Waals surface area contributed by atoms with Gasteiger partial charge >= 0.3 is 6.18 Å². The molecule has 1 unspecified atom stereocenters. The molecule has 0 aliphatic heterocycles. The Kier molecular flexibility index (Phi) is 3.93. The monoisotopic (exact) mass is 232 g/mol. The molecule has 1 aromatic rings. The van der Waals surface area contributed by atoms with E-state index in [0.29, 0.717) is 12.7 Å². The number of hydrogen-bond donors (Lipinski definition) is 0. The lowest BCUT2D eigenvalue weighted by Gasteiger charge is -2.13. The van der Waals surface area contributed by atoms with Crippen LogP contribution in [0.2, 0.25) is 0 Å². The summed E-state index contributed by atoms with van der Waals surface area (Å²) in [6.07, 6.45) is -4.12. The summed E-state index contributed by atoms with van der Waals surface area (Å²) in [6.45, 7) is 1.71. The van der Waals surface area contributed by atoms with Gasteiger partial charge < -0.3 is 4.74 Å². The molecule has 0 amide bonds. The third-order valence-electron chi connectivity index (χ3n) is 2.00. The van der Waals surface area contributed by atoms with Gasteiger partial charge in [0.25, 0.3) is 0 Å². The average molecular weight is 232 g/mol. The lowest BCUT2D eigenvalue weighted by molar-refractivity contribution is -0.137. The number of benzene rings is 1. The van der Waals surface area contributed by atoms with E-state index in [1.165, 1.54) is 12.1 Å². The van der Waals surface area contributed by atoms with E-state index in [2.05, 4.69) is 0 Å². The second kappa shape index (κ2) is 5.01. The van der Waals surface area contributed by atoms with Crippen molar-refractivity contribution >= 4 is 6.29 Å². The molecule has 16 heavy (non-hydrogen) atoms. The van der Waals surface area contributed by atoms with Crippen molar-refractivity contribution in [3.8, 4) is 5.75 Å². The van der Waals surface area contributed by atoms with Crippen molar-refractivity contribution in [3.05, 3.63) is 29.8 Å². The van der Waals surface area contributed by atoms with Crippen LogP contribution in [0.25, 0.3) is 0 Å². The molecule has 5 heteroatoms. The predicted molar refractivity (Wildman–Crippen MR) is 52.2 cm³/mol. The molecular formula is C11H11F3O2. The number of alkyl halides is 3. The van der Waals surface area contributed by atoms with Crippen molar-refractivity contribution < 1.29 is 22.7 Å². The third kappa shape index (κ3) is 3.25. The highest BCUT2D eigenvalue weighted by molar-refractivity contribution is 5.56. The fraction of sp³-hybridized carbons (Fsp3) is 0.364. The Bertz CT molecular complexity index is 360. The van der Waals surface area contributed by atoms with Gasteiger partial charge in [0.05, 0.1) is 5.56 Å². The van der Waals surface area contributed by atoms with Gasteiger partial charge in [-0.05, 0) is 24.6 Å². The maximum Gasteiger partial charge on any atom is 0.416 e. The van der Waals surface area contributed by atoms with Gasteiger partial charge in [-0.25, -0.2) is 0 Å². The Balaban J connectivity index is 2.86. The molecule has 0 N–H and O–H groups in total. The highest BCUT2D eigenvalue weighted by atomic mass is 19.4. The number of rotatable bonds is 4. The number of aldehydes is 1. The van der Waals surface area contributed by atoms with Crippen LogP contribution in [0.3, 0.4) is 0 Å². The van der Waals surface area contributed by atoms with Crippen LogP contribution in [0.5, 0.6) is 5.75 Å². The lowest BCUT2D eigenvalue weighted by Crippen LogP contribution is -2.17. The standard InChI is InChI=1S/C11H11F3O2/c1-2-9(7-15)16-10-5-3-4-8(6-10)11(12,13)14/h3-7,9H,2H2,1H3. The average Bonchev–Trinajstić information content (AvgIpc) is 2.25. The molecule has 0 bridgehead atoms. The van der Waals surface area contributed by atoms with E-state index in [1.807, 2.05) is 0 Å². The zero-order valence-electron chi connectivity index (χ0n) is 8.62. The van der Waals surface area contributed by atoms with E-state index >= 15 is 0 Å². The largest absolute Gasteiger partial charge is 0.483 e. The van der Waals surface area contributed by atoms with Crippen LogP contribution in [-0.2, 0) is 11.0 Å². The zero-order valence-corrected chi connectivity index (χ0v) is 8.62. The van der Waals surface area contributed by atoms with Gasteiger partial charge in [0, 0.05) is 0 Å². The van der Waals surface area contributed by atoms with Gasteiger partial charge in [-0.15, -0.1) is 0 Å². The summed E-state index contributed by atoms with van der Waals surface area (Å²) in [7, 11) is 0. The van der Waals surface area contributed by atoms with Gasteiger partial charge in [0.1, 0.15) is 5.75 Å². The number of carbonyl (C=O) groups is 1. The molecule has 0 saturated heterocycles. The van der Waals surface area contributed by atoms with Crippen LogP contribution in [0.1, 0.15) is 18.9 Å². The van der Waals surface area contributed by atoms with Crippen LogP contribution in [0, 0.1) is 0 Å². The van der Waals surface area contributed by atoms with Crippen LogP contribution in [-0.4, -0.2) is 12.4 Å². The number of ether oxygens (including phenoxy) is 1. The Hall–Kier alpha value is -1.52. The van der Waals surface area contributed by atoms with Gasteiger partial charge in [-0.2, -0.15) is 13.2 Å². The molecule has 0 spiro atoms. The highest BCUT2D eigenvalue weighted by Crippen LogP contribution is 2.31. The number of hydrogen-bond acceptors (Lipinski definition) is 2. The molecule has 0 aliphatic carbocycles. The van der Waals surface area contributed by atoms with E-state index < -0.39 is 17.8 Å². The first-order valence-electron chi connectivity index (χ1n) is 4.76. The number of halogens is 3. The Morgan fingerprint density at radius 1 is 1.44 bits per heavy atom. The molecule has 0 aliphatic rings. The quantitative estimate of drug-likeness (QED) is 0.746. The molecule has 0 fully saturated rings. The topological polar surface area (TPSA) is 26.3 Å². The predicted octanol–water partition coefficient (Wildman–Crippen LogP) is 3.06. The number of carbonyl (C=O) groups excluding carboxylic acids is 1. The summed E-state index contributed by atoms with van der Waals surface area (Å²) in [5.41, 5.74) is -0.786. The molecule has 1 atom stereocenters. The van der Waals surface area contributed by atoms with Crippen molar-refractivity contribution in [2.45, 2.75) is 25.6 Å². The lowest BCUT2D eigenvalue weighted by atomic mass is 10.2. The van der Waals surface area contributed by atoms with E-state index in [9.17, 15) is 18.0 Å². The van der Waals surface area contributed by atoms with E-state index in [4.69, 9.17) is 4.74 Å². The Labute approximate surface area is 91.0 Å². The van der Waals surface area contributed by atoms with Gasteiger partial charge in [0.2, 0.25) is 0 Å². The van der Waals surface area contributed by atoms with Gasteiger partial charge in [-0.1, -0.05) is 13.0 Å². The zero-order chi connectivity index (χ0) is 12.2. The minimum absolute atomic E-state index is 0.0498. The summed E-state index contributed by atoms with van der Waals surface area (Å²) >= 11 is 0. The third-order valence-corrected chi connectivity index (χ3v) is 2.00. The first-order valence-corrected chi connectivity index (χ1v) is 4.76. The van der Waals surface area contributed by atoms with Gasteiger partial charge in [0.15, 0.2) is 12.4 Å². The molecule has 1 rings (SSSR count). The Morgan fingerprint density at radius 3 is 2.62 bits per heavy atom. The van der Waals surface area contributed by atoms with Crippen LogP contribution < -0.4 is 4.74 Å². The van der Waals surface area contributed by atoms with Crippen molar-refractivity contribution in [2.75, 3.05) is 0 Å². The summed E-state index contributed by atoms with van der Waals surface area (Å²) in [5.74, 6) is 0.0498. The fourth-order valence-electron chi connectivity index (χ4n) is 1.13. The van der Waals surface area contributed by atoms with Gasteiger partial charge in [-0.3, -0.25) is 4.79 Å². The van der Waals surface area contributed by atoms with Crippen LogP contribution >= 0.6 is 0 Å². The van der Waals surface area contributed by atoms with E-state index in [1.54, 1.807) is 6.92 Å². The first kappa shape index (κ1) is 12.5. The molecular weight excluding hydrogens is 221 g/mol.